The van der Waals surface area contributed by atoms with Crippen LogP contribution in [0.1, 0.15) is 12.8 Å². The highest BCUT2D eigenvalue weighted by atomic mass is 19.4. The molecule has 0 saturated carbocycles. The van der Waals surface area contributed by atoms with Gasteiger partial charge < -0.3 is 20.1 Å². The van der Waals surface area contributed by atoms with E-state index in [0.29, 0.717) is 18.8 Å². The van der Waals surface area contributed by atoms with Gasteiger partial charge >= 0.3 is 12.4 Å². The van der Waals surface area contributed by atoms with Crippen LogP contribution in [0.5, 0.6) is 5.75 Å². The van der Waals surface area contributed by atoms with Crippen LogP contribution in [0.25, 0.3) is 0 Å². The predicted molar refractivity (Wildman–Crippen MR) is 73.5 cm³/mol. The summed E-state index contributed by atoms with van der Waals surface area (Å²) in [5.41, 5.74) is 0.392. The molecule has 1 aliphatic rings. The number of alkyl halides is 3. The number of halogens is 3. The van der Waals surface area contributed by atoms with E-state index in [9.17, 15) is 18.0 Å². The number of benzene rings is 1. The molecule has 0 unspecified atom stereocenters. The molecular weight excluding hydrogens is 301 g/mol. The lowest BCUT2D eigenvalue weighted by Crippen LogP contribution is -2.41. The molecule has 1 aromatic carbocycles. The van der Waals surface area contributed by atoms with E-state index in [2.05, 4.69) is 10.1 Å². The number of carbonyl (C=O) groups is 1. The molecule has 1 saturated heterocycles. The van der Waals surface area contributed by atoms with Gasteiger partial charge in [-0.15, -0.1) is 13.2 Å². The molecule has 0 aliphatic carbocycles. The largest absolute Gasteiger partial charge is 0.573 e. The summed E-state index contributed by atoms with van der Waals surface area (Å²) in [6, 6.07) is 4.67. The Bertz CT molecular complexity index is 497. The van der Waals surface area contributed by atoms with Crippen LogP contribution in [0.4, 0.5) is 23.7 Å². The third-order valence-electron chi connectivity index (χ3n) is 3.50. The van der Waals surface area contributed by atoms with Gasteiger partial charge in [0, 0.05) is 25.4 Å². The molecule has 0 bridgehead atoms. The summed E-state index contributed by atoms with van der Waals surface area (Å²) >= 11 is 0. The topological polar surface area (TPSA) is 61.8 Å². The van der Waals surface area contributed by atoms with Crippen LogP contribution >= 0.6 is 0 Å². The Balaban J connectivity index is 1.87. The van der Waals surface area contributed by atoms with Crippen molar-refractivity contribution in [1.29, 1.82) is 0 Å². The third-order valence-corrected chi connectivity index (χ3v) is 3.50. The number of rotatable bonds is 3. The van der Waals surface area contributed by atoms with Crippen molar-refractivity contribution in [3.05, 3.63) is 24.3 Å². The quantitative estimate of drug-likeness (QED) is 0.901. The summed E-state index contributed by atoms with van der Waals surface area (Å²) in [6.45, 7) is 1.22. The van der Waals surface area contributed by atoms with Crippen LogP contribution in [0.15, 0.2) is 24.3 Å². The summed E-state index contributed by atoms with van der Waals surface area (Å²) in [7, 11) is 0. The number of aliphatic hydroxyl groups is 1. The zero-order chi connectivity index (χ0) is 16.2. The van der Waals surface area contributed by atoms with Crippen molar-refractivity contribution >= 4 is 11.7 Å². The van der Waals surface area contributed by atoms with E-state index in [1.54, 1.807) is 4.90 Å². The summed E-state index contributed by atoms with van der Waals surface area (Å²) in [4.78, 5) is 13.6. The first kappa shape index (κ1) is 16.4. The first-order valence-electron chi connectivity index (χ1n) is 6.90. The van der Waals surface area contributed by atoms with E-state index in [1.165, 1.54) is 12.1 Å². The first-order chi connectivity index (χ1) is 10.4. The highest BCUT2D eigenvalue weighted by molar-refractivity contribution is 5.89. The van der Waals surface area contributed by atoms with Crippen molar-refractivity contribution in [2.75, 3.05) is 25.0 Å². The van der Waals surface area contributed by atoms with Gasteiger partial charge in [-0.05, 0) is 43.0 Å². The minimum absolute atomic E-state index is 0.121. The van der Waals surface area contributed by atoms with Gasteiger partial charge in [-0.25, -0.2) is 4.79 Å². The number of anilines is 1. The van der Waals surface area contributed by atoms with Gasteiger partial charge in [0.2, 0.25) is 0 Å². The fourth-order valence-electron chi connectivity index (χ4n) is 2.26. The van der Waals surface area contributed by atoms with E-state index in [4.69, 9.17) is 5.11 Å². The molecule has 2 rings (SSSR count). The van der Waals surface area contributed by atoms with Crippen molar-refractivity contribution in [1.82, 2.24) is 4.90 Å². The van der Waals surface area contributed by atoms with Crippen molar-refractivity contribution in [3.63, 3.8) is 0 Å². The maximum absolute atomic E-state index is 12.0. The Morgan fingerprint density at radius 2 is 1.86 bits per heavy atom. The normalized spacial score (nSPS) is 16.5. The smallest absolute Gasteiger partial charge is 0.406 e. The second-order valence-electron chi connectivity index (χ2n) is 5.12. The molecule has 0 spiro atoms. The molecule has 2 N–H and O–H groups in total. The molecule has 8 heteroatoms. The van der Waals surface area contributed by atoms with Crippen LogP contribution in [0.2, 0.25) is 0 Å². The molecule has 0 aromatic heterocycles. The fourth-order valence-corrected chi connectivity index (χ4v) is 2.26. The Hall–Kier alpha value is -1.96. The summed E-state index contributed by atoms with van der Waals surface area (Å²) in [6.07, 6.45) is -3.26. The van der Waals surface area contributed by atoms with E-state index >= 15 is 0 Å². The number of hydrogen-bond donors (Lipinski definition) is 2. The summed E-state index contributed by atoms with van der Waals surface area (Å²) in [5.74, 6) is -0.114. The lowest BCUT2D eigenvalue weighted by atomic mass is 9.98. The molecular formula is C14H17F3N2O3. The summed E-state index contributed by atoms with van der Waals surface area (Å²) in [5, 5.41) is 11.7. The van der Waals surface area contributed by atoms with E-state index in [1.807, 2.05) is 0 Å². The van der Waals surface area contributed by atoms with Crippen LogP contribution in [-0.4, -0.2) is 42.1 Å². The van der Waals surface area contributed by atoms with Crippen molar-refractivity contribution < 1.29 is 27.8 Å². The van der Waals surface area contributed by atoms with Crippen molar-refractivity contribution in [2.24, 2.45) is 5.92 Å². The maximum atomic E-state index is 12.0. The second kappa shape index (κ2) is 6.87. The molecule has 0 atom stereocenters. The maximum Gasteiger partial charge on any atom is 0.573 e. The molecule has 1 aliphatic heterocycles. The number of piperidine rings is 1. The molecule has 5 nitrogen and oxygen atoms in total. The average molecular weight is 318 g/mol. The van der Waals surface area contributed by atoms with Crippen LogP contribution in [-0.2, 0) is 0 Å². The number of urea groups is 1. The van der Waals surface area contributed by atoms with Gasteiger partial charge in [-0.2, -0.15) is 0 Å². The zero-order valence-electron chi connectivity index (χ0n) is 11.8. The standard InChI is InChI=1S/C14H17F3N2O3/c15-14(16,17)22-12-3-1-11(2-4-12)18-13(21)19-7-5-10(9-20)6-8-19/h1-4,10,20H,5-9H2,(H,18,21). The second-order valence-corrected chi connectivity index (χ2v) is 5.12. The van der Waals surface area contributed by atoms with Crippen LogP contribution in [0, 0.1) is 5.92 Å². The predicted octanol–water partition coefficient (Wildman–Crippen LogP) is 2.82. The van der Waals surface area contributed by atoms with Gasteiger partial charge in [-0.1, -0.05) is 0 Å². The Labute approximate surface area is 125 Å². The Morgan fingerprint density at radius 3 is 2.36 bits per heavy atom. The Morgan fingerprint density at radius 1 is 1.27 bits per heavy atom. The number of nitrogens with one attached hydrogen (secondary N) is 1. The molecule has 0 radical (unpaired) electrons. The highest BCUT2D eigenvalue weighted by Gasteiger charge is 2.31. The Kier molecular flexibility index (Phi) is 5.12. The molecule has 1 aromatic rings. The van der Waals surface area contributed by atoms with Gasteiger partial charge in [0.25, 0.3) is 0 Å². The average Bonchev–Trinajstić information content (AvgIpc) is 2.48. The summed E-state index contributed by atoms with van der Waals surface area (Å²) < 4.78 is 39.9. The number of hydrogen-bond acceptors (Lipinski definition) is 3. The number of aliphatic hydroxyl groups excluding tert-OH is 1. The monoisotopic (exact) mass is 318 g/mol. The van der Waals surface area contributed by atoms with E-state index in [0.717, 1.165) is 25.0 Å². The lowest BCUT2D eigenvalue weighted by Gasteiger charge is -2.31. The first-order valence-corrected chi connectivity index (χ1v) is 6.90. The molecule has 1 fully saturated rings. The fraction of sp³-hybridized carbons (Fsp3) is 0.500. The minimum Gasteiger partial charge on any atom is -0.406 e. The van der Waals surface area contributed by atoms with E-state index < -0.39 is 6.36 Å². The number of likely N-dealkylation sites (tertiary alicyclic amines) is 1. The molecule has 2 amide bonds. The molecule has 122 valence electrons. The number of ether oxygens (including phenoxy) is 1. The van der Waals surface area contributed by atoms with Crippen molar-refractivity contribution in [2.45, 2.75) is 19.2 Å². The van der Waals surface area contributed by atoms with Crippen molar-refractivity contribution in [3.8, 4) is 5.75 Å². The van der Waals surface area contributed by atoms with Gasteiger partial charge in [-0.3, -0.25) is 0 Å². The van der Waals surface area contributed by atoms with Crippen LogP contribution < -0.4 is 10.1 Å². The highest BCUT2D eigenvalue weighted by Crippen LogP contribution is 2.24. The molecule has 1 heterocycles. The number of amides is 2. The number of nitrogens with zero attached hydrogens (tertiary/aromatic N) is 1. The van der Waals surface area contributed by atoms with E-state index in [-0.39, 0.29) is 24.3 Å². The lowest BCUT2D eigenvalue weighted by molar-refractivity contribution is -0.274. The zero-order valence-corrected chi connectivity index (χ0v) is 11.8. The number of carbonyl (C=O) groups excluding carboxylic acids is 1. The third kappa shape index (κ3) is 4.80. The van der Waals surface area contributed by atoms with Gasteiger partial charge in [0.15, 0.2) is 0 Å². The SMILES string of the molecule is O=C(Nc1ccc(OC(F)(F)F)cc1)N1CCC(CO)CC1. The minimum atomic E-state index is -4.73. The van der Waals surface area contributed by atoms with Crippen LogP contribution in [0.3, 0.4) is 0 Å². The van der Waals surface area contributed by atoms with Gasteiger partial charge in [0.1, 0.15) is 5.75 Å². The van der Waals surface area contributed by atoms with Gasteiger partial charge in [0.05, 0.1) is 0 Å². The molecule has 22 heavy (non-hydrogen) atoms.